The fraction of sp³-hybridized carbons (Fsp3) is 0.235. The Labute approximate surface area is 416 Å². The SMILES string of the molecule is CC(C1=C(C(=O)OC(c2ccccc2)c2ccccc2)N2C(=O)C(NC(=O)C(=NOC(F)F)c3csc(NC(c4ccccc4)(c4ccccc4)c4ccccc4)n3)[C@@H]2[S+]([O-])C1)[N+]1CCCC1.[I-]. The summed E-state index contributed by atoms with van der Waals surface area (Å²) in [4.78, 5) is 55.7. The van der Waals surface area contributed by atoms with E-state index in [-0.39, 0.29) is 47.2 Å². The summed E-state index contributed by atoms with van der Waals surface area (Å²) in [7, 11) is 0. The van der Waals surface area contributed by atoms with Gasteiger partial charge in [0, 0.05) is 18.2 Å². The van der Waals surface area contributed by atoms with Gasteiger partial charge < -0.3 is 48.7 Å². The molecule has 5 aromatic carbocycles. The molecule has 68 heavy (non-hydrogen) atoms. The van der Waals surface area contributed by atoms with E-state index in [0.29, 0.717) is 21.8 Å². The standard InChI is InChI=1S/C51H46F2N6O6S2.HI/c1-33(58-29-17-18-30-58)39-32-67(63)47-42(46(61)59(47)43(39)48(62)64-44(34-19-7-2-8-20-34)35-21-9-3-10-22-35)55-45(60)41(57-65-49(52)53)40-31-66-50(54-40)56-51(36-23-11-4-12-24-36,37-25-13-5-14-26-37)38-27-15-6-16-28-38;/h2-16,19-28,31,33,42,44,47,49H,17-18,29-30,32H2,1H3,(H,54,56)(H,55,60);1H/q+1;/p-1/t33?,42?,47-,67?;/m0./s1. The van der Waals surface area contributed by atoms with Gasteiger partial charge in [0.15, 0.2) is 29.0 Å². The highest BCUT2D eigenvalue weighted by Crippen LogP contribution is 2.42. The summed E-state index contributed by atoms with van der Waals surface area (Å²) in [6, 6.07) is 45.8. The number of oxime groups is 1. The summed E-state index contributed by atoms with van der Waals surface area (Å²) in [5, 5.41) is 10.3. The molecule has 2 amide bonds. The second-order valence-corrected chi connectivity index (χ2v) is 18.7. The summed E-state index contributed by atoms with van der Waals surface area (Å²) in [6.45, 7) is 0.0503. The van der Waals surface area contributed by atoms with Gasteiger partial charge in [-0.05, 0) is 45.9 Å². The zero-order chi connectivity index (χ0) is 46.5. The molecular formula is C51H46F2IN6O6S2. The number of hydrogen-bond donors (Lipinski definition) is 2. The van der Waals surface area contributed by atoms with Gasteiger partial charge in [0.2, 0.25) is 5.37 Å². The lowest BCUT2D eigenvalue weighted by Crippen LogP contribution is -3.00. The number of esters is 1. The molecule has 1 aromatic heterocycles. The number of likely N-dealkylation sites (tertiary alicyclic amines) is 1. The Morgan fingerprint density at radius 3 is 1.84 bits per heavy atom. The van der Waals surface area contributed by atoms with Gasteiger partial charge in [-0.3, -0.25) is 14.5 Å². The lowest BCUT2D eigenvalue weighted by molar-refractivity contribution is -0.154. The monoisotopic (exact) mass is 1070 g/mol. The van der Waals surface area contributed by atoms with Crippen LogP contribution in [-0.2, 0) is 40.7 Å². The average Bonchev–Trinajstić information content (AvgIpc) is 4.08. The minimum atomic E-state index is -3.39. The molecule has 3 aliphatic rings. The molecular weight excluding hydrogens is 1020 g/mol. The Morgan fingerprint density at radius 1 is 0.838 bits per heavy atom. The van der Waals surface area contributed by atoms with Gasteiger partial charge in [-0.15, -0.1) is 11.3 Å². The number of amides is 2. The van der Waals surface area contributed by atoms with Crippen molar-refractivity contribution in [2.24, 2.45) is 5.16 Å². The number of aromatic nitrogens is 1. The van der Waals surface area contributed by atoms with Crippen molar-refractivity contribution in [2.45, 2.75) is 55.5 Å². The van der Waals surface area contributed by atoms with E-state index in [2.05, 4.69) is 30.5 Å². The van der Waals surface area contributed by atoms with Crippen LogP contribution in [0.25, 0.3) is 0 Å². The van der Waals surface area contributed by atoms with E-state index in [1.807, 2.05) is 159 Å². The Morgan fingerprint density at radius 2 is 1.34 bits per heavy atom. The first-order valence-electron chi connectivity index (χ1n) is 21.9. The number of β-lactam (4-membered cyclic amide) rings is 1. The molecule has 2 N–H and O–H groups in total. The topological polar surface area (TPSA) is 151 Å². The molecule has 2 saturated heterocycles. The summed E-state index contributed by atoms with van der Waals surface area (Å²) in [5.74, 6) is -2.67. The molecule has 0 aliphatic carbocycles. The first-order chi connectivity index (χ1) is 32.6. The third-order valence-corrected chi connectivity index (χ3v) is 14.7. The number of fused-ring (bicyclic) bond motifs is 1. The number of benzene rings is 5. The van der Waals surface area contributed by atoms with Crippen LogP contribution < -0.4 is 39.5 Å². The fourth-order valence-electron chi connectivity index (χ4n) is 9.10. The number of nitrogens with one attached hydrogen (secondary N) is 2. The molecule has 0 spiro atoms. The van der Waals surface area contributed by atoms with E-state index >= 15 is 0 Å². The number of nitrogens with zero attached hydrogens (tertiary/aromatic N) is 4. The maximum atomic E-state index is 14.7. The minimum Gasteiger partial charge on any atom is -1.00 e. The molecule has 0 bridgehead atoms. The first kappa shape index (κ1) is 48.5. The zero-order valence-electron chi connectivity index (χ0n) is 36.6. The third-order valence-electron chi connectivity index (χ3n) is 12.4. The largest absolute Gasteiger partial charge is 1.00 e. The van der Waals surface area contributed by atoms with E-state index in [1.165, 1.54) is 5.38 Å². The van der Waals surface area contributed by atoms with Crippen molar-refractivity contribution < 1.29 is 61.3 Å². The highest BCUT2D eigenvalue weighted by Gasteiger charge is 2.63. The number of alkyl halides is 2. The average molecular weight is 1070 g/mol. The molecule has 4 atom stereocenters. The smallest absolute Gasteiger partial charge is 0.407 e. The predicted octanol–water partition coefficient (Wildman–Crippen LogP) is 4.82. The summed E-state index contributed by atoms with van der Waals surface area (Å²) in [6.07, 6.45) is 1.06. The van der Waals surface area contributed by atoms with Gasteiger partial charge in [-0.25, -0.2) is 9.78 Å². The highest BCUT2D eigenvalue weighted by atomic mass is 127. The second-order valence-electron chi connectivity index (χ2n) is 16.3. The summed E-state index contributed by atoms with van der Waals surface area (Å²) >= 11 is -0.711. The van der Waals surface area contributed by atoms with Crippen molar-refractivity contribution >= 4 is 51.1 Å². The van der Waals surface area contributed by atoms with Crippen LogP contribution in [0.3, 0.4) is 0 Å². The molecule has 0 saturated carbocycles. The Kier molecular flexibility index (Phi) is 15.3. The van der Waals surface area contributed by atoms with Gasteiger partial charge in [0.05, 0.1) is 5.57 Å². The van der Waals surface area contributed by atoms with Gasteiger partial charge in [-0.1, -0.05) is 157 Å². The maximum Gasteiger partial charge on any atom is 0.407 e. The van der Waals surface area contributed by atoms with Crippen LogP contribution in [0.4, 0.5) is 13.9 Å². The number of thiazole rings is 1. The van der Waals surface area contributed by atoms with Gasteiger partial charge in [-0.2, -0.15) is 13.7 Å². The van der Waals surface area contributed by atoms with Crippen molar-refractivity contribution in [2.75, 3.05) is 24.2 Å². The molecule has 17 heteroatoms. The van der Waals surface area contributed by atoms with Crippen LogP contribution >= 0.6 is 11.3 Å². The normalized spacial score (nSPS) is 18.9. The molecule has 12 nitrogen and oxygen atoms in total. The molecule has 2 fully saturated rings. The van der Waals surface area contributed by atoms with Crippen LogP contribution in [0.5, 0.6) is 0 Å². The van der Waals surface area contributed by atoms with Crippen molar-refractivity contribution in [1.82, 2.24) is 20.1 Å². The van der Waals surface area contributed by atoms with Gasteiger partial charge >= 0.3 is 12.6 Å². The molecule has 1 radical (unpaired) electrons. The summed E-state index contributed by atoms with van der Waals surface area (Å²) < 4.78 is 47.9. The number of carbonyl (C=O) groups is 3. The minimum absolute atomic E-state index is 0. The Bertz CT molecular complexity index is 2620. The quantitative estimate of drug-likeness (QED) is 0.0205. The lowest BCUT2D eigenvalue weighted by atomic mass is 9.77. The number of carbonyl (C=O) groups excluding carboxylic acids is 3. The predicted molar refractivity (Wildman–Crippen MR) is 253 cm³/mol. The first-order valence-corrected chi connectivity index (χ1v) is 24.1. The molecule has 4 heterocycles. The van der Waals surface area contributed by atoms with Crippen molar-refractivity contribution in [1.29, 1.82) is 0 Å². The van der Waals surface area contributed by atoms with Crippen LogP contribution in [0.15, 0.2) is 173 Å². The third kappa shape index (κ3) is 9.80. The van der Waals surface area contributed by atoms with E-state index < -0.39 is 64.3 Å². The molecule has 3 unspecified atom stereocenters. The van der Waals surface area contributed by atoms with E-state index in [0.717, 1.165) is 58.9 Å². The summed E-state index contributed by atoms with van der Waals surface area (Å²) in [5.41, 5.74) is 2.71. The molecule has 9 rings (SSSR count). The van der Waals surface area contributed by atoms with Gasteiger partial charge in [0.25, 0.3) is 11.8 Å². The molecule has 6 aromatic rings. The van der Waals surface area contributed by atoms with Crippen molar-refractivity contribution in [3.63, 3.8) is 0 Å². The van der Waals surface area contributed by atoms with Crippen LogP contribution in [0.2, 0.25) is 0 Å². The second kappa shape index (κ2) is 21.5. The number of ether oxygens (including phenoxy) is 1. The number of anilines is 1. The van der Waals surface area contributed by atoms with E-state index in [4.69, 9.17) is 4.74 Å². The number of halogens is 3. The fourth-order valence-corrected chi connectivity index (χ4v) is 11.6. The van der Waals surface area contributed by atoms with E-state index in [1.54, 1.807) is 0 Å². The van der Waals surface area contributed by atoms with Crippen molar-refractivity contribution in [3.05, 3.63) is 202 Å². The van der Waals surface area contributed by atoms with E-state index in [9.17, 15) is 27.7 Å². The number of hydrogen-bond acceptors (Lipinski definition) is 11. The lowest BCUT2D eigenvalue weighted by Gasteiger charge is -2.49. The number of rotatable bonds is 16. The molecule has 349 valence electrons. The highest BCUT2D eigenvalue weighted by molar-refractivity contribution is 7.92. The van der Waals surface area contributed by atoms with Crippen LogP contribution in [0, 0.1) is 0 Å². The van der Waals surface area contributed by atoms with Crippen LogP contribution in [0.1, 0.15) is 59.4 Å². The van der Waals surface area contributed by atoms with Crippen LogP contribution in [-0.4, -0.2) is 80.8 Å². The maximum absolute atomic E-state index is 14.7. The van der Waals surface area contributed by atoms with Crippen molar-refractivity contribution in [3.8, 4) is 0 Å². The Hall–Kier alpha value is -5.99. The zero-order valence-corrected chi connectivity index (χ0v) is 40.4. The van der Waals surface area contributed by atoms with Gasteiger partial charge in [0.1, 0.15) is 35.8 Å². The Balaban J connectivity index is 0.00000625. The molecule has 3 aliphatic heterocycles.